The van der Waals surface area contributed by atoms with Crippen molar-refractivity contribution in [3.05, 3.63) is 64.2 Å². The molecule has 0 unspecified atom stereocenters. The molecule has 3 heteroatoms. The highest BCUT2D eigenvalue weighted by atomic mass is 16.5. The van der Waals surface area contributed by atoms with Crippen molar-refractivity contribution in [1.29, 1.82) is 0 Å². The Balaban J connectivity index is 2.27. The number of carbonyl (C=O) groups excluding carboxylic acids is 1. The molecule has 0 N–H and O–H groups in total. The lowest BCUT2D eigenvalue weighted by Gasteiger charge is -2.21. The van der Waals surface area contributed by atoms with Crippen LogP contribution < -0.4 is 4.74 Å². The lowest BCUT2D eigenvalue weighted by atomic mass is 9.96. The Hall–Kier alpha value is -2.29. The summed E-state index contributed by atoms with van der Waals surface area (Å²) in [5.41, 5.74) is 5.10. The van der Waals surface area contributed by atoms with E-state index in [0.29, 0.717) is 12.5 Å². The lowest BCUT2D eigenvalue weighted by molar-refractivity contribution is 0.0784. The van der Waals surface area contributed by atoms with Crippen molar-refractivity contribution in [2.24, 2.45) is 0 Å². The van der Waals surface area contributed by atoms with E-state index in [0.717, 1.165) is 28.0 Å². The van der Waals surface area contributed by atoms with Gasteiger partial charge in [0.15, 0.2) is 0 Å². The SMILES string of the molecule is COc1cc(C)c(C(=O)N(C)Cc2ccc(C)cc2)cc1C(C)C. The normalized spacial score (nSPS) is 10.8. The van der Waals surface area contributed by atoms with Gasteiger partial charge in [-0.05, 0) is 48.6 Å². The number of amides is 1. The molecule has 3 nitrogen and oxygen atoms in total. The second-order valence-electron chi connectivity index (χ2n) is 6.71. The summed E-state index contributed by atoms with van der Waals surface area (Å²) in [5.74, 6) is 1.19. The average Bonchev–Trinajstić information content (AvgIpc) is 2.55. The minimum Gasteiger partial charge on any atom is -0.496 e. The number of ether oxygens (including phenoxy) is 1. The molecule has 0 heterocycles. The molecule has 0 aliphatic rings. The predicted octanol–water partition coefficient (Wildman–Crippen LogP) is 4.71. The predicted molar refractivity (Wildman–Crippen MR) is 98.8 cm³/mol. The summed E-state index contributed by atoms with van der Waals surface area (Å²) >= 11 is 0. The van der Waals surface area contributed by atoms with E-state index < -0.39 is 0 Å². The van der Waals surface area contributed by atoms with Crippen LogP contribution in [-0.2, 0) is 6.54 Å². The fourth-order valence-electron chi connectivity index (χ4n) is 2.80. The molecular weight excluding hydrogens is 298 g/mol. The molecule has 128 valence electrons. The summed E-state index contributed by atoms with van der Waals surface area (Å²) in [6.07, 6.45) is 0. The number of aryl methyl sites for hydroxylation is 2. The van der Waals surface area contributed by atoms with Gasteiger partial charge in [-0.3, -0.25) is 4.79 Å². The van der Waals surface area contributed by atoms with E-state index in [9.17, 15) is 4.79 Å². The zero-order valence-electron chi connectivity index (χ0n) is 15.5. The van der Waals surface area contributed by atoms with Crippen LogP contribution in [0.3, 0.4) is 0 Å². The van der Waals surface area contributed by atoms with Crippen molar-refractivity contribution < 1.29 is 9.53 Å². The second kappa shape index (κ2) is 7.52. The van der Waals surface area contributed by atoms with Crippen LogP contribution in [-0.4, -0.2) is 25.0 Å². The van der Waals surface area contributed by atoms with Crippen molar-refractivity contribution in [1.82, 2.24) is 4.90 Å². The molecule has 0 radical (unpaired) electrons. The van der Waals surface area contributed by atoms with Gasteiger partial charge < -0.3 is 9.64 Å². The molecule has 0 saturated heterocycles. The molecule has 0 saturated carbocycles. The van der Waals surface area contributed by atoms with Gasteiger partial charge in [-0.25, -0.2) is 0 Å². The molecule has 0 aromatic heterocycles. The van der Waals surface area contributed by atoms with Gasteiger partial charge in [-0.15, -0.1) is 0 Å². The number of carbonyl (C=O) groups is 1. The average molecular weight is 325 g/mol. The Kier molecular flexibility index (Phi) is 5.66. The zero-order valence-corrected chi connectivity index (χ0v) is 15.5. The second-order valence-corrected chi connectivity index (χ2v) is 6.71. The quantitative estimate of drug-likeness (QED) is 0.797. The molecule has 0 aliphatic heterocycles. The van der Waals surface area contributed by atoms with Crippen LogP contribution in [0, 0.1) is 13.8 Å². The Morgan fingerprint density at radius 2 is 1.75 bits per heavy atom. The number of methoxy groups -OCH3 is 1. The van der Waals surface area contributed by atoms with Crippen LogP contribution in [0.4, 0.5) is 0 Å². The summed E-state index contributed by atoms with van der Waals surface area (Å²) in [4.78, 5) is 14.7. The summed E-state index contributed by atoms with van der Waals surface area (Å²) in [6, 6.07) is 12.2. The van der Waals surface area contributed by atoms with Gasteiger partial charge in [0.05, 0.1) is 7.11 Å². The molecule has 0 bridgehead atoms. The standard InChI is InChI=1S/C21H27NO2/c1-14(2)18-12-19(16(4)11-20(18)24-6)21(23)22(5)13-17-9-7-15(3)8-10-17/h7-12,14H,13H2,1-6H3. The number of rotatable bonds is 5. The van der Waals surface area contributed by atoms with Gasteiger partial charge >= 0.3 is 0 Å². The molecule has 0 aliphatic carbocycles. The smallest absolute Gasteiger partial charge is 0.254 e. The van der Waals surface area contributed by atoms with Crippen LogP contribution in [0.15, 0.2) is 36.4 Å². The molecule has 0 atom stereocenters. The molecule has 1 amide bonds. The first-order valence-electron chi connectivity index (χ1n) is 8.33. The van der Waals surface area contributed by atoms with Crippen LogP contribution in [0.1, 0.15) is 52.4 Å². The third-order valence-electron chi connectivity index (χ3n) is 4.32. The van der Waals surface area contributed by atoms with Crippen molar-refractivity contribution >= 4 is 5.91 Å². The van der Waals surface area contributed by atoms with Crippen LogP contribution in [0.5, 0.6) is 5.75 Å². The maximum absolute atomic E-state index is 12.9. The number of hydrogen-bond donors (Lipinski definition) is 0. The minimum atomic E-state index is 0.0395. The molecule has 0 spiro atoms. The van der Waals surface area contributed by atoms with E-state index in [1.807, 2.05) is 26.1 Å². The third kappa shape index (κ3) is 3.97. The highest BCUT2D eigenvalue weighted by Crippen LogP contribution is 2.30. The molecule has 2 aromatic rings. The lowest BCUT2D eigenvalue weighted by Crippen LogP contribution is -2.27. The van der Waals surface area contributed by atoms with E-state index in [1.165, 1.54) is 5.56 Å². The topological polar surface area (TPSA) is 29.5 Å². The van der Waals surface area contributed by atoms with Crippen molar-refractivity contribution in [2.45, 2.75) is 40.2 Å². The highest BCUT2D eigenvalue weighted by Gasteiger charge is 2.18. The van der Waals surface area contributed by atoms with Crippen molar-refractivity contribution in [3.63, 3.8) is 0 Å². The third-order valence-corrected chi connectivity index (χ3v) is 4.32. The Morgan fingerprint density at radius 3 is 2.29 bits per heavy atom. The first-order chi connectivity index (χ1) is 11.3. The van der Waals surface area contributed by atoms with Gasteiger partial charge in [0, 0.05) is 19.2 Å². The molecule has 0 fully saturated rings. The highest BCUT2D eigenvalue weighted by molar-refractivity contribution is 5.96. The van der Waals surface area contributed by atoms with Gasteiger partial charge in [-0.2, -0.15) is 0 Å². The molecular formula is C21H27NO2. The fourth-order valence-corrected chi connectivity index (χ4v) is 2.80. The molecule has 2 rings (SSSR count). The van der Waals surface area contributed by atoms with E-state index in [1.54, 1.807) is 12.0 Å². The van der Waals surface area contributed by atoms with Gasteiger partial charge in [0.2, 0.25) is 0 Å². The number of benzene rings is 2. The molecule has 24 heavy (non-hydrogen) atoms. The maximum atomic E-state index is 12.9. The van der Waals surface area contributed by atoms with Crippen molar-refractivity contribution in [2.75, 3.05) is 14.2 Å². The van der Waals surface area contributed by atoms with E-state index >= 15 is 0 Å². The zero-order chi connectivity index (χ0) is 17.9. The van der Waals surface area contributed by atoms with Gasteiger partial charge in [0.1, 0.15) is 5.75 Å². The van der Waals surface area contributed by atoms with Gasteiger partial charge in [0.25, 0.3) is 5.91 Å². The van der Waals surface area contributed by atoms with Crippen LogP contribution >= 0.6 is 0 Å². The minimum absolute atomic E-state index is 0.0395. The first-order valence-corrected chi connectivity index (χ1v) is 8.33. The molecule has 2 aromatic carbocycles. The van der Waals surface area contributed by atoms with Crippen molar-refractivity contribution in [3.8, 4) is 5.75 Å². The first kappa shape index (κ1) is 18.1. The monoisotopic (exact) mass is 325 g/mol. The summed E-state index contributed by atoms with van der Waals surface area (Å²) in [6.45, 7) is 8.84. The van der Waals surface area contributed by atoms with E-state index in [-0.39, 0.29) is 5.91 Å². The van der Waals surface area contributed by atoms with E-state index in [2.05, 4.69) is 45.0 Å². The number of hydrogen-bond acceptors (Lipinski definition) is 2. The Labute approximate surface area is 145 Å². The Bertz CT molecular complexity index is 717. The van der Waals surface area contributed by atoms with E-state index in [4.69, 9.17) is 4.74 Å². The van der Waals surface area contributed by atoms with Gasteiger partial charge in [-0.1, -0.05) is 43.7 Å². The fraction of sp³-hybridized carbons (Fsp3) is 0.381. The summed E-state index contributed by atoms with van der Waals surface area (Å²) in [7, 11) is 3.52. The van der Waals surface area contributed by atoms with Crippen LogP contribution in [0.2, 0.25) is 0 Å². The maximum Gasteiger partial charge on any atom is 0.254 e. The van der Waals surface area contributed by atoms with Crippen LogP contribution in [0.25, 0.3) is 0 Å². The largest absolute Gasteiger partial charge is 0.496 e. The summed E-state index contributed by atoms with van der Waals surface area (Å²) < 4.78 is 5.46. The number of nitrogens with zero attached hydrogens (tertiary/aromatic N) is 1. The Morgan fingerprint density at radius 1 is 1.12 bits per heavy atom. The summed E-state index contributed by atoms with van der Waals surface area (Å²) in [5, 5.41) is 0.